The van der Waals surface area contributed by atoms with Gasteiger partial charge >= 0.3 is 0 Å². The minimum atomic E-state index is -2.15. The molecule has 0 atom stereocenters. The Labute approximate surface area is 218 Å². The van der Waals surface area contributed by atoms with Crippen molar-refractivity contribution in [3.63, 3.8) is 0 Å². The van der Waals surface area contributed by atoms with Crippen LogP contribution in [0.15, 0.2) is 79.0 Å². The number of hydrogen-bond donors (Lipinski definition) is 0. The van der Waals surface area contributed by atoms with Crippen LogP contribution < -0.4 is 0 Å². The van der Waals surface area contributed by atoms with E-state index in [0.29, 0.717) is 6.42 Å². The molecule has 0 radical (unpaired) electrons. The Kier molecular flexibility index (Phi) is 8.35. The van der Waals surface area contributed by atoms with Gasteiger partial charge in [-0.25, -0.2) is 18.7 Å². The number of unbranched alkanes of at least 4 members (excludes halogenated alkanes) is 6. The van der Waals surface area contributed by atoms with Gasteiger partial charge in [0.05, 0.1) is 5.69 Å². The normalized spacial score (nSPS) is 12.1. The highest BCUT2D eigenvalue weighted by molar-refractivity contribution is 5.84. The molecule has 4 heteroatoms. The third-order valence-corrected chi connectivity index (χ3v) is 7.38. The number of benzene rings is 3. The molecule has 0 saturated heterocycles. The molecule has 0 saturated carbocycles. The minimum absolute atomic E-state index is 0.0499. The molecular formula is C33H34F2N2. The summed E-state index contributed by atoms with van der Waals surface area (Å²) in [6.45, 7) is 0. The highest BCUT2D eigenvalue weighted by Crippen LogP contribution is 2.41. The van der Waals surface area contributed by atoms with Crippen molar-refractivity contribution in [1.82, 2.24) is 9.97 Å². The zero-order valence-electron chi connectivity index (χ0n) is 21.3. The van der Waals surface area contributed by atoms with Gasteiger partial charge in [0, 0.05) is 23.7 Å². The van der Waals surface area contributed by atoms with Crippen LogP contribution >= 0.6 is 0 Å². The molecule has 0 fully saturated rings. The molecule has 2 nitrogen and oxygen atoms in total. The van der Waals surface area contributed by atoms with E-state index in [1.807, 2.05) is 12.3 Å². The average molecular weight is 497 g/mol. The van der Waals surface area contributed by atoms with E-state index in [1.165, 1.54) is 46.2 Å². The van der Waals surface area contributed by atoms with Crippen molar-refractivity contribution in [2.24, 2.45) is 0 Å². The molecule has 190 valence electrons. The third-order valence-electron chi connectivity index (χ3n) is 7.38. The second kappa shape index (κ2) is 12.2. The molecule has 3 aromatic carbocycles. The molecule has 1 heterocycles. The van der Waals surface area contributed by atoms with Crippen LogP contribution in [0.5, 0.6) is 0 Å². The van der Waals surface area contributed by atoms with Crippen LogP contribution in [0.25, 0.3) is 33.8 Å². The van der Waals surface area contributed by atoms with Crippen molar-refractivity contribution in [3.05, 3.63) is 95.7 Å². The third kappa shape index (κ3) is 6.30. The number of rotatable bonds is 12. The lowest BCUT2D eigenvalue weighted by Crippen LogP contribution is -1.95. The van der Waals surface area contributed by atoms with Crippen molar-refractivity contribution >= 4 is 0 Å². The van der Waals surface area contributed by atoms with Gasteiger partial charge in [0.15, 0.2) is 5.82 Å². The molecule has 0 bridgehead atoms. The predicted molar refractivity (Wildman–Crippen MR) is 148 cm³/mol. The highest BCUT2D eigenvalue weighted by Gasteiger charge is 2.21. The van der Waals surface area contributed by atoms with Gasteiger partial charge in [-0.3, -0.25) is 0 Å². The molecule has 0 N–H and O–H groups in total. The Bertz CT molecular complexity index is 1310. The fourth-order valence-corrected chi connectivity index (χ4v) is 5.38. The summed E-state index contributed by atoms with van der Waals surface area (Å²) in [5.74, 6) is 0.754. The van der Waals surface area contributed by atoms with Gasteiger partial charge in [-0.05, 0) is 59.6 Å². The van der Waals surface area contributed by atoms with Crippen LogP contribution in [-0.2, 0) is 12.8 Å². The quantitative estimate of drug-likeness (QED) is 0.161. The second-order valence-corrected chi connectivity index (χ2v) is 10.0. The Balaban J connectivity index is 1.17. The molecule has 0 unspecified atom stereocenters. The summed E-state index contributed by atoms with van der Waals surface area (Å²) in [6.07, 6.45) is 9.08. The lowest BCUT2D eigenvalue weighted by Gasteiger charge is -2.10. The van der Waals surface area contributed by atoms with Gasteiger partial charge in [-0.15, -0.1) is 0 Å². The van der Waals surface area contributed by atoms with Crippen LogP contribution in [0.2, 0.25) is 0 Å². The number of alkyl halides is 2. The van der Waals surface area contributed by atoms with Crippen molar-refractivity contribution < 1.29 is 8.78 Å². The minimum Gasteiger partial charge on any atom is -0.237 e. The first-order valence-electron chi connectivity index (χ1n) is 13.6. The molecule has 0 amide bonds. The Morgan fingerprint density at radius 3 is 2.19 bits per heavy atom. The fourth-order valence-electron chi connectivity index (χ4n) is 5.38. The maximum absolute atomic E-state index is 12.2. The van der Waals surface area contributed by atoms with Gasteiger partial charge in [0.25, 0.3) is 0 Å². The molecule has 0 aliphatic heterocycles. The maximum Gasteiger partial charge on any atom is 0.238 e. The van der Waals surface area contributed by atoms with Crippen molar-refractivity contribution in [2.75, 3.05) is 0 Å². The van der Waals surface area contributed by atoms with Gasteiger partial charge in [0.1, 0.15) is 0 Å². The van der Waals surface area contributed by atoms with Crippen LogP contribution in [0.3, 0.4) is 0 Å². The number of fused-ring (bicyclic) bond motifs is 3. The van der Waals surface area contributed by atoms with Crippen molar-refractivity contribution in [2.45, 2.75) is 70.6 Å². The summed E-state index contributed by atoms with van der Waals surface area (Å²) in [5.41, 5.74) is 9.87. The van der Waals surface area contributed by atoms with Gasteiger partial charge < -0.3 is 0 Å². The smallest absolute Gasteiger partial charge is 0.237 e. The van der Waals surface area contributed by atoms with Crippen molar-refractivity contribution in [3.8, 4) is 33.8 Å². The van der Waals surface area contributed by atoms with Crippen LogP contribution in [0, 0.1) is 0 Å². The Hall–Kier alpha value is -3.40. The maximum atomic E-state index is 12.2. The molecule has 4 aromatic rings. The number of hydrogen-bond acceptors (Lipinski definition) is 2. The van der Waals surface area contributed by atoms with Crippen LogP contribution in [0.4, 0.5) is 8.78 Å². The number of nitrogens with zero attached hydrogens (tertiary/aromatic N) is 2. The number of aryl methyl sites for hydroxylation is 1. The van der Waals surface area contributed by atoms with E-state index in [-0.39, 0.29) is 6.42 Å². The molecule has 1 aromatic heterocycles. The molecule has 0 spiro atoms. The standard InChI is InChI=1S/C33H34F2N2/c34-32(35)16-7-5-3-1-2-4-6-11-24-17-19-25(20-18-24)33-36-22-21-31(37-33)29-15-10-14-28-27-13-9-8-12-26(27)23-30(28)29/h8-10,12-15,17-22,32H,1-7,11,16,23H2. The predicted octanol–water partition coefficient (Wildman–Crippen LogP) is 9.31. The van der Waals surface area contributed by atoms with Gasteiger partial charge in [-0.2, -0.15) is 0 Å². The molecule has 1 aliphatic rings. The van der Waals surface area contributed by atoms with Crippen LogP contribution in [-0.4, -0.2) is 16.4 Å². The zero-order valence-corrected chi connectivity index (χ0v) is 21.3. The van der Waals surface area contributed by atoms with E-state index in [4.69, 9.17) is 4.98 Å². The first-order chi connectivity index (χ1) is 18.2. The van der Waals surface area contributed by atoms with E-state index in [2.05, 4.69) is 71.7 Å². The molecule has 37 heavy (non-hydrogen) atoms. The number of halogens is 2. The summed E-state index contributed by atoms with van der Waals surface area (Å²) >= 11 is 0. The first kappa shape index (κ1) is 25.3. The Morgan fingerprint density at radius 1 is 0.676 bits per heavy atom. The average Bonchev–Trinajstić information content (AvgIpc) is 3.31. The lowest BCUT2D eigenvalue weighted by molar-refractivity contribution is 0.133. The lowest BCUT2D eigenvalue weighted by atomic mass is 9.99. The zero-order chi connectivity index (χ0) is 25.5. The molecular weight excluding hydrogens is 462 g/mol. The highest BCUT2D eigenvalue weighted by atomic mass is 19.3. The Morgan fingerprint density at radius 2 is 1.38 bits per heavy atom. The van der Waals surface area contributed by atoms with Crippen molar-refractivity contribution in [1.29, 1.82) is 0 Å². The molecule has 1 aliphatic carbocycles. The van der Waals surface area contributed by atoms with E-state index in [1.54, 1.807) is 0 Å². The van der Waals surface area contributed by atoms with Gasteiger partial charge in [0.2, 0.25) is 6.43 Å². The van der Waals surface area contributed by atoms with E-state index in [9.17, 15) is 8.78 Å². The van der Waals surface area contributed by atoms with E-state index >= 15 is 0 Å². The topological polar surface area (TPSA) is 25.8 Å². The van der Waals surface area contributed by atoms with E-state index < -0.39 is 6.43 Å². The second-order valence-electron chi connectivity index (χ2n) is 10.0. The monoisotopic (exact) mass is 496 g/mol. The fraction of sp³-hybridized carbons (Fsp3) is 0.333. The summed E-state index contributed by atoms with van der Waals surface area (Å²) in [6, 6.07) is 25.8. The SMILES string of the molecule is FC(F)CCCCCCCCCc1ccc(-c2nccc(-c3cccc4c3Cc3ccccc3-4)n2)cc1. The summed E-state index contributed by atoms with van der Waals surface area (Å²) in [5, 5.41) is 0. The van der Waals surface area contributed by atoms with E-state index in [0.717, 1.165) is 55.6 Å². The molecule has 5 rings (SSSR count). The van der Waals surface area contributed by atoms with Gasteiger partial charge in [-0.1, -0.05) is 98.8 Å². The summed E-state index contributed by atoms with van der Waals surface area (Å²) in [4.78, 5) is 9.53. The summed E-state index contributed by atoms with van der Waals surface area (Å²) in [7, 11) is 0. The largest absolute Gasteiger partial charge is 0.238 e. The number of aromatic nitrogens is 2. The summed E-state index contributed by atoms with van der Waals surface area (Å²) < 4.78 is 24.3. The van der Waals surface area contributed by atoms with Crippen LogP contribution in [0.1, 0.15) is 68.1 Å². The first-order valence-corrected chi connectivity index (χ1v) is 13.6.